The zero-order chi connectivity index (χ0) is 18.8. The van der Waals surface area contributed by atoms with Crippen LogP contribution in [-0.4, -0.2) is 33.7 Å². The zero-order valence-electron chi connectivity index (χ0n) is 15.4. The molecular formula is C18H26N4O2S2. The van der Waals surface area contributed by atoms with Crippen LogP contribution in [0.4, 0.5) is 0 Å². The molecule has 0 radical (unpaired) electrons. The normalized spacial score (nSPS) is 21.2. The highest BCUT2D eigenvalue weighted by molar-refractivity contribution is 7.99. The van der Waals surface area contributed by atoms with Crippen molar-refractivity contribution >= 4 is 39.2 Å². The summed E-state index contributed by atoms with van der Waals surface area (Å²) in [5.41, 5.74) is 6.69. The lowest BCUT2D eigenvalue weighted by atomic mass is 10.0. The van der Waals surface area contributed by atoms with Gasteiger partial charge in [0.1, 0.15) is 10.7 Å². The molecule has 1 aliphatic rings. The van der Waals surface area contributed by atoms with E-state index in [0.717, 1.165) is 34.5 Å². The summed E-state index contributed by atoms with van der Waals surface area (Å²) in [6.07, 6.45) is 3.22. The zero-order valence-corrected chi connectivity index (χ0v) is 17.1. The first-order valence-corrected chi connectivity index (χ1v) is 10.9. The average Bonchev–Trinajstić information content (AvgIpc) is 3.16. The number of thiophene rings is 1. The SMILES string of the molecule is Cc1sc2nc(CSC(C)C(=O)NC3CCCC3CN)[nH]c(=O)c2c1C. The first-order valence-electron chi connectivity index (χ1n) is 9.01. The fraction of sp³-hybridized carbons (Fsp3) is 0.611. The second kappa shape index (κ2) is 8.10. The molecule has 3 rings (SSSR count). The summed E-state index contributed by atoms with van der Waals surface area (Å²) in [4.78, 5) is 34.1. The van der Waals surface area contributed by atoms with Gasteiger partial charge < -0.3 is 16.0 Å². The van der Waals surface area contributed by atoms with Gasteiger partial charge in [0.05, 0.1) is 16.4 Å². The predicted octanol–water partition coefficient (Wildman–Crippen LogP) is 2.47. The third kappa shape index (κ3) is 3.97. The van der Waals surface area contributed by atoms with E-state index in [0.29, 0.717) is 29.4 Å². The molecule has 3 unspecified atom stereocenters. The van der Waals surface area contributed by atoms with E-state index >= 15 is 0 Å². The molecule has 0 saturated heterocycles. The van der Waals surface area contributed by atoms with Crippen molar-refractivity contribution in [3.05, 3.63) is 26.6 Å². The van der Waals surface area contributed by atoms with Crippen molar-refractivity contribution in [3.63, 3.8) is 0 Å². The van der Waals surface area contributed by atoms with Gasteiger partial charge in [-0.1, -0.05) is 6.42 Å². The largest absolute Gasteiger partial charge is 0.352 e. The number of aromatic amines is 1. The molecule has 142 valence electrons. The smallest absolute Gasteiger partial charge is 0.259 e. The van der Waals surface area contributed by atoms with Crippen LogP contribution in [0.25, 0.3) is 10.2 Å². The number of nitrogens with two attached hydrogens (primary N) is 1. The molecule has 1 fully saturated rings. The first-order chi connectivity index (χ1) is 12.4. The molecular weight excluding hydrogens is 368 g/mol. The lowest BCUT2D eigenvalue weighted by Gasteiger charge is -2.21. The molecule has 6 nitrogen and oxygen atoms in total. The van der Waals surface area contributed by atoms with Crippen LogP contribution in [-0.2, 0) is 10.5 Å². The number of thioether (sulfide) groups is 1. The second-order valence-electron chi connectivity index (χ2n) is 6.97. The van der Waals surface area contributed by atoms with Crippen LogP contribution >= 0.6 is 23.1 Å². The number of amides is 1. The number of nitrogens with one attached hydrogen (secondary N) is 2. The van der Waals surface area contributed by atoms with Crippen molar-refractivity contribution < 1.29 is 4.79 Å². The number of fused-ring (bicyclic) bond motifs is 1. The number of carbonyl (C=O) groups excluding carboxylic acids is 1. The summed E-state index contributed by atoms with van der Waals surface area (Å²) < 4.78 is 0. The Morgan fingerprint density at radius 1 is 1.46 bits per heavy atom. The van der Waals surface area contributed by atoms with Gasteiger partial charge in [-0.2, -0.15) is 0 Å². The number of nitrogens with zero attached hydrogens (tertiary/aromatic N) is 1. The van der Waals surface area contributed by atoms with Crippen LogP contribution in [0.15, 0.2) is 4.79 Å². The minimum Gasteiger partial charge on any atom is -0.352 e. The molecule has 26 heavy (non-hydrogen) atoms. The van der Waals surface area contributed by atoms with Gasteiger partial charge in [0.15, 0.2) is 0 Å². The molecule has 2 heterocycles. The summed E-state index contributed by atoms with van der Waals surface area (Å²) in [6, 6.07) is 0.196. The second-order valence-corrected chi connectivity index (χ2v) is 9.50. The first kappa shape index (κ1) is 19.4. The summed E-state index contributed by atoms with van der Waals surface area (Å²) in [7, 11) is 0. The number of carbonyl (C=O) groups is 1. The number of hydrogen-bond donors (Lipinski definition) is 3. The van der Waals surface area contributed by atoms with Gasteiger partial charge >= 0.3 is 0 Å². The van der Waals surface area contributed by atoms with Crippen molar-refractivity contribution in [2.75, 3.05) is 6.54 Å². The van der Waals surface area contributed by atoms with Crippen molar-refractivity contribution in [2.24, 2.45) is 11.7 Å². The molecule has 1 aliphatic carbocycles. The maximum atomic E-state index is 12.4. The van der Waals surface area contributed by atoms with E-state index in [2.05, 4.69) is 15.3 Å². The Balaban J connectivity index is 1.62. The molecule has 3 atom stereocenters. The number of aromatic nitrogens is 2. The number of aryl methyl sites for hydroxylation is 2. The van der Waals surface area contributed by atoms with Crippen LogP contribution in [0, 0.1) is 19.8 Å². The molecule has 4 N–H and O–H groups in total. The molecule has 0 spiro atoms. The van der Waals surface area contributed by atoms with Crippen LogP contribution in [0.2, 0.25) is 0 Å². The van der Waals surface area contributed by atoms with Gasteiger partial charge in [-0.3, -0.25) is 9.59 Å². The summed E-state index contributed by atoms with van der Waals surface area (Å²) in [5.74, 6) is 1.54. The van der Waals surface area contributed by atoms with Crippen LogP contribution < -0.4 is 16.6 Å². The number of hydrogen-bond acceptors (Lipinski definition) is 6. The minimum atomic E-state index is -0.207. The Kier molecular flexibility index (Phi) is 6.04. The molecule has 8 heteroatoms. The highest BCUT2D eigenvalue weighted by Crippen LogP contribution is 2.27. The standard InChI is InChI=1S/C18H26N4O2S2/c1-9-10(2)26-18-15(9)17(24)21-14(22-18)8-25-11(3)16(23)20-13-6-4-5-12(13)7-19/h11-13H,4-8,19H2,1-3H3,(H,20,23)(H,21,22,24). The summed E-state index contributed by atoms with van der Waals surface area (Å²) in [5, 5.41) is 3.61. The average molecular weight is 395 g/mol. The van der Waals surface area contributed by atoms with E-state index in [-0.39, 0.29) is 22.8 Å². The van der Waals surface area contributed by atoms with Gasteiger partial charge in [-0.25, -0.2) is 4.98 Å². The highest BCUT2D eigenvalue weighted by atomic mass is 32.2. The predicted molar refractivity (Wildman–Crippen MR) is 109 cm³/mol. The third-order valence-electron chi connectivity index (χ3n) is 5.22. The molecule has 0 aromatic carbocycles. The maximum absolute atomic E-state index is 12.4. The van der Waals surface area contributed by atoms with Gasteiger partial charge in [0.2, 0.25) is 5.91 Å². The lowest BCUT2D eigenvalue weighted by Crippen LogP contribution is -2.43. The molecule has 1 saturated carbocycles. The Morgan fingerprint density at radius 3 is 2.96 bits per heavy atom. The van der Waals surface area contributed by atoms with Crippen molar-refractivity contribution in [1.29, 1.82) is 0 Å². The summed E-state index contributed by atoms with van der Waals surface area (Å²) >= 11 is 3.03. The van der Waals surface area contributed by atoms with Gasteiger partial charge in [-0.05, 0) is 51.6 Å². The van der Waals surface area contributed by atoms with Gasteiger partial charge in [0, 0.05) is 10.9 Å². The van der Waals surface area contributed by atoms with Crippen molar-refractivity contribution in [3.8, 4) is 0 Å². The van der Waals surface area contributed by atoms with Gasteiger partial charge in [0.25, 0.3) is 5.56 Å². The van der Waals surface area contributed by atoms with E-state index in [1.54, 1.807) is 11.3 Å². The molecule has 0 aliphatic heterocycles. The van der Waals surface area contributed by atoms with Crippen LogP contribution in [0.1, 0.15) is 42.5 Å². The van der Waals surface area contributed by atoms with Crippen LogP contribution in [0.5, 0.6) is 0 Å². The number of H-pyrrole nitrogens is 1. The molecule has 2 aromatic heterocycles. The van der Waals surface area contributed by atoms with E-state index in [4.69, 9.17) is 5.73 Å². The maximum Gasteiger partial charge on any atom is 0.259 e. The third-order valence-corrected chi connectivity index (χ3v) is 7.47. The van der Waals surface area contributed by atoms with Crippen molar-refractivity contribution in [2.45, 2.75) is 57.1 Å². The van der Waals surface area contributed by atoms with Crippen LogP contribution in [0.3, 0.4) is 0 Å². The van der Waals surface area contributed by atoms with E-state index < -0.39 is 0 Å². The van der Waals surface area contributed by atoms with Crippen molar-refractivity contribution in [1.82, 2.24) is 15.3 Å². The molecule has 0 bridgehead atoms. The Labute approximate surface area is 161 Å². The monoisotopic (exact) mass is 394 g/mol. The Morgan fingerprint density at radius 2 is 2.23 bits per heavy atom. The highest BCUT2D eigenvalue weighted by Gasteiger charge is 2.28. The lowest BCUT2D eigenvalue weighted by molar-refractivity contribution is -0.121. The van der Waals surface area contributed by atoms with Gasteiger partial charge in [-0.15, -0.1) is 23.1 Å². The quantitative estimate of drug-likeness (QED) is 0.699. The fourth-order valence-corrected chi connectivity index (χ4v) is 5.27. The Bertz CT molecular complexity index is 861. The molecule has 2 aromatic rings. The fourth-order valence-electron chi connectivity index (χ4n) is 3.46. The van der Waals surface area contributed by atoms with E-state index in [1.807, 2.05) is 20.8 Å². The number of rotatable bonds is 6. The van der Waals surface area contributed by atoms with E-state index in [9.17, 15) is 9.59 Å². The minimum absolute atomic E-state index is 0.0339. The topological polar surface area (TPSA) is 101 Å². The summed E-state index contributed by atoms with van der Waals surface area (Å²) in [6.45, 7) is 6.46. The molecule has 1 amide bonds. The Hall–Kier alpha value is -1.38. The van der Waals surface area contributed by atoms with E-state index in [1.165, 1.54) is 11.8 Å².